The third-order valence-electron chi connectivity index (χ3n) is 6.94. The van der Waals surface area contributed by atoms with Gasteiger partial charge >= 0.3 is 0 Å². The molecule has 0 aliphatic carbocycles. The molecule has 0 radical (unpaired) electrons. The summed E-state index contributed by atoms with van der Waals surface area (Å²) in [5.74, 6) is -0.910. The molecule has 1 aromatic rings. The first-order valence-corrected chi connectivity index (χ1v) is 13.2. The Morgan fingerprint density at radius 3 is 2.42 bits per heavy atom. The maximum Gasteiger partial charge on any atom is 0.243 e. The standard InChI is InChI=1S/C27H40N4O5/c28-23(32)12-5-3-1-2-4-6-16-36-18-21(14-15-24(29)33)30-27(35)22-17-20-11-7-9-19-10-8-13-25(34)31(22)26(19)20/h7,9,11,21-22H,1-6,8,10,12-18H2,(H2,28,32)(H2,29,33)(H,30,35)/t21-,22-/m0/s1. The quantitative estimate of drug-likeness (QED) is 0.298. The van der Waals surface area contributed by atoms with Gasteiger partial charge in [0.2, 0.25) is 23.6 Å². The van der Waals surface area contributed by atoms with Crippen molar-refractivity contribution in [2.45, 2.75) is 95.6 Å². The molecule has 9 heteroatoms. The maximum atomic E-state index is 13.3. The highest BCUT2D eigenvalue weighted by atomic mass is 16.5. The Bertz CT molecular complexity index is 935. The molecular formula is C27H40N4O5. The smallest absolute Gasteiger partial charge is 0.243 e. The fourth-order valence-corrected chi connectivity index (χ4v) is 5.08. The average molecular weight is 501 g/mol. The molecule has 36 heavy (non-hydrogen) atoms. The number of amides is 4. The van der Waals surface area contributed by atoms with Gasteiger partial charge in [-0.3, -0.25) is 24.1 Å². The van der Waals surface area contributed by atoms with Crippen LogP contribution in [0.3, 0.4) is 0 Å². The van der Waals surface area contributed by atoms with E-state index in [0.29, 0.717) is 32.3 Å². The number of nitrogens with one attached hydrogen (secondary N) is 1. The minimum atomic E-state index is -0.586. The van der Waals surface area contributed by atoms with Crippen LogP contribution in [-0.4, -0.2) is 48.9 Å². The lowest BCUT2D eigenvalue weighted by molar-refractivity contribution is -0.127. The number of primary amides is 2. The fraction of sp³-hybridized carbons (Fsp3) is 0.630. The second-order valence-corrected chi connectivity index (χ2v) is 9.89. The summed E-state index contributed by atoms with van der Waals surface area (Å²) in [7, 11) is 0. The van der Waals surface area contributed by atoms with Crippen molar-refractivity contribution in [3.63, 3.8) is 0 Å². The van der Waals surface area contributed by atoms with Gasteiger partial charge in [0, 0.05) is 32.3 Å². The molecule has 198 valence electrons. The molecule has 0 saturated heterocycles. The van der Waals surface area contributed by atoms with E-state index in [-0.39, 0.29) is 36.8 Å². The number of carbonyl (C=O) groups excluding carboxylic acids is 4. The van der Waals surface area contributed by atoms with E-state index in [1.807, 2.05) is 18.2 Å². The van der Waals surface area contributed by atoms with Crippen molar-refractivity contribution in [3.05, 3.63) is 29.3 Å². The summed E-state index contributed by atoms with van der Waals surface area (Å²) in [5.41, 5.74) is 13.5. The fourth-order valence-electron chi connectivity index (χ4n) is 5.08. The van der Waals surface area contributed by atoms with Crippen molar-refractivity contribution in [1.29, 1.82) is 0 Å². The van der Waals surface area contributed by atoms with Gasteiger partial charge in [-0.1, -0.05) is 43.9 Å². The minimum Gasteiger partial charge on any atom is -0.379 e. The molecular weight excluding hydrogens is 460 g/mol. The molecule has 2 aliphatic heterocycles. The van der Waals surface area contributed by atoms with Crippen LogP contribution >= 0.6 is 0 Å². The number of unbranched alkanes of at least 4 members (excludes halogenated alkanes) is 5. The van der Waals surface area contributed by atoms with Crippen LogP contribution < -0.4 is 21.7 Å². The zero-order valence-corrected chi connectivity index (χ0v) is 21.1. The van der Waals surface area contributed by atoms with Gasteiger partial charge in [-0.15, -0.1) is 0 Å². The Morgan fingerprint density at radius 2 is 1.67 bits per heavy atom. The van der Waals surface area contributed by atoms with Gasteiger partial charge in [-0.2, -0.15) is 0 Å². The van der Waals surface area contributed by atoms with E-state index in [0.717, 1.165) is 68.2 Å². The molecule has 0 spiro atoms. The van der Waals surface area contributed by atoms with Crippen LogP contribution in [0.4, 0.5) is 5.69 Å². The molecule has 2 aliphatic rings. The lowest BCUT2D eigenvalue weighted by Crippen LogP contribution is -2.51. The third-order valence-corrected chi connectivity index (χ3v) is 6.94. The first kappa shape index (κ1) is 27.6. The Morgan fingerprint density at radius 1 is 0.972 bits per heavy atom. The summed E-state index contributed by atoms with van der Waals surface area (Å²) >= 11 is 0. The van der Waals surface area contributed by atoms with E-state index in [1.165, 1.54) is 0 Å². The number of benzene rings is 1. The van der Waals surface area contributed by atoms with E-state index < -0.39 is 11.9 Å². The average Bonchev–Trinajstić information content (AvgIpc) is 3.15. The maximum absolute atomic E-state index is 13.3. The molecule has 2 heterocycles. The lowest BCUT2D eigenvalue weighted by atomic mass is 10.0. The molecule has 3 rings (SSSR count). The number of anilines is 1. The van der Waals surface area contributed by atoms with Crippen molar-refractivity contribution in [2.24, 2.45) is 11.5 Å². The third kappa shape index (κ3) is 8.05. The van der Waals surface area contributed by atoms with Gasteiger partial charge < -0.3 is 21.5 Å². The molecule has 1 aromatic carbocycles. The van der Waals surface area contributed by atoms with Crippen molar-refractivity contribution >= 4 is 29.3 Å². The van der Waals surface area contributed by atoms with Crippen LogP contribution in [-0.2, 0) is 36.8 Å². The molecule has 0 fully saturated rings. The second kappa shape index (κ2) is 14.0. The predicted octanol–water partition coefficient (Wildman–Crippen LogP) is 2.26. The lowest BCUT2D eigenvalue weighted by Gasteiger charge is -2.27. The van der Waals surface area contributed by atoms with Gasteiger partial charge in [0.15, 0.2) is 0 Å². The Kier molecular flexibility index (Phi) is 10.7. The number of ether oxygens (including phenoxy) is 1. The summed E-state index contributed by atoms with van der Waals surface area (Å²) in [6, 6.07) is 5.08. The molecule has 0 saturated carbocycles. The van der Waals surface area contributed by atoms with E-state index in [1.54, 1.807) is 4.90 Å². The van der Waals surface area contributed by atoms with Crippen LogP contribution in [0.25, 0.3) is 0 Å². The van der Waals surface area contributed by atoms with E-state index in [4.69, 9.17) is 16.2 Å². The highest BCUT2D eigenvalue weighted by molar-refractivity contribution is 6.04. The highest BCUT2D eigenvalue weighted by Crippen LogP contribution is 2.38. The van der Waals surface area contributed by atoms with Gasteiger partial charge in [-0.25, -0.2) is 0 Å². The molecule has 0 bridgehead atoms. The van der Waals surface area contributed by atoms with Crippen molar-refractivity contribution in [1.82, 2.24) is 5.32 Å². The molecule has 9 nitrogen and oxygen atoms in total. The summed E-state index contributed by atoms with van der Waals surface area (Å²) < 4.78 is 5.83. The number of carbonyl (C=O) groups is 4. The summed E-state index contributed by atoms with van der Waals surface area (Å²) in [4.78, 5) is 50.0. The number of para-hydroxylation sites is 1. The first-order chi connectivity index (χ1) is 17.4. The first-order valence-electron chi connectivity index (χ1n) is 13.2. The molecule has 4 amide bonds. The van der Waals surface area contributed by atoms with E-state index in [2.05, 4.69) is 5.32 Å². The SMILES string of the molecule is NC(=O)CCCCCCCCOC[C@H](CCC(N)=O)NC(=O)[C@@H]1Cc2cccc3c2N1C(=O)CCC3. The number of rotatable bonds is 16. The highest BCUT2D eigenvalue weighted by Gasteiger charge is 2.40. The zero-order valence-electron chi connectivity index (χ0n) is 21.1. The zero-order chi connectivity index (χ0) is 25.9. The number of hydrogen-bond donors (Lipinski definition) is 3. The van der Waals surface area contributed by atoms with Gasteiger partial charge in [0.1, 0.15) is 6.04 Å². The van der Waals surface area contributed by atoms with Crippen LogP contribution in [0.1, 0.15) is 81.8 Å². The van der Waals surface area contributed by atoms with Crippen LogP contribution in [0.2, 0.25) is 0 Å². The number of aryl methyl sites for hydroxylation is 1. The normalized spacial score (nSPS) is 17.4. The summed E-state index contributed by atoms with van der Waals surface area (Å²) in [6.07, 6.45) is 9.40. The van der Waals surface area contributed by atoms with E-state index >= 15 is 0 Å². The largest absolute Gasteiger partial charge is 0.379 e. The van der Waals surface area contributed by atoms with Crippen LogP contribution in [0.5, 0.6) is 0 Å². The number of hydrogen-bond acceptors (Lipinski definition) is 5. The predicted molar refractivity (Wildman–Crippen MR) is 137 cm³/mol. The number of nitrogens with zero attached hydrogens (tertiary/aromatic N) is 1. The van der Waals surface area contributed by atoms with Crippen molar-refractivity contribution in [3.8, 4) is 0 Å². The van der Waals surface area contributed by atoms with Gasteiger partial charge in [-0.05, 0) is 43.2 Å². The van der Waals surface area contributed by atoms with Crippen molar-refractivity contribution < 1.29 is 23.9 Å². The van der Waals surface area contributed by atoms with E-state index in [9.17, 15) is 19.2 Å². The van der Waals surface area contributed by atoms with Gasteiger partial charge in [0.05, 0.1) is 18.3 Å². The Hall–Kier alpha value is -2.94. The monoisotopic (exact) mass is 500 g/mol. The van der Waals surface area contributed by atoms with Gasteiger partial charge in [0.25, 0.3) is 0 Å². The second-order valence-electron chi connectivity index (χ2n) is 9.89. The number of nitrogens with two attached hydrogens (primary N) is 2. The van der Waals surface area contributed by atoms with Crippen LogP contribution in [0.15, 0.2) is 18.2 Å². The van der Waals surface area contributed by atoms with Crippen molar-refractivity contribution in [2.75, 3.05) is 18.1 Å². The Balaban J connectivity index is 1.47. The topological polar surface area (TPSA) is 145 Å². The Labute approximate surface area is 213 Å². The molecule has 2 atom stereocenters. The minimum absolute atomic E-state index is 0.0154. The molecule has 5 N–H and O–H groups in total. The molecule has 0 aromatic heterocycles. The van der Waals surface area contributed by atoms with Crippen LogP contribution in [0, 0.1) is 0 Å². The summed E-state index contributed by atoms with van der Waals surface area (Å²) in [6.45, 7) is 0.851. The molecule has 0 unspecified atom stereocenters. The summed E-state index contributed by atoms with van der Waals surface area (Å²) in [5, 5.41) is 3.03.